The normalized spacial score (nSPS) is 25.8. The molecule has 0 amide bonds. The summed E-state index contributed by atoms with van der Waals surface area (Å²) >= 11 is 0. The molecule has 1 unspecified atom stereocenters. The predicted molar refractivity (Wildman–Crippen MR) is 63.4 cm³/mol. The van der Waals surface area contributed by atoms with Crippen LogP contribution >= 0.6 is 0 Å². The Morgan fingerprint density at radius 1 is 1.12 bits per heavy atom. The highest BCUT2D eigenvalue weighted by Gasteiger charge is 2.27. The molecule has 0 bridgehead atoms. The monoisotopic (exact) mass is 218 g/mol. The molecule has 2 heterocycles. The second kappa shape index (κ2) is 4.37. The van der Waals surface area contributed by atoms with Gasteiger partial charge in [0.2, 0.25) is 0 Å². The average Bonchev–Trinajstić information content (AvgIpc) is 3.15. The van der Waals surface area contributed by atoms with Crippen molar-refractivity contribution in [2.24, 2.45) is 0 Å². The first-order chi connectivity index (χ1) is 7.92. The first-order valence-electron chi connectivity index (χ1n) is 6.18. The first kappa shape index (κ1) is 10.0. The molecule has 1 saturated heterocycles. The third-order valence-corrected chi connectivity index (χ3v) is 3.38. The number of nitrogens with one attached hydrogen (secondary N) is 1. The van der Waals surface area contributed by atoms with Gasteiger partial charge in [0.1, 0.15) is 6.33 Å². The summed E-state index contributed by atoms with van der Waals surface area (Å²) in [6, 6.07) is 1.46. The third kappa shape index (κ3) is 2.32. The van der Waals surface area contributed by atoms with E-state index in [-0.39, 0.29) is 0 Å². The molecular weight excluding hydrogens is 200 g/mol. The summed E-state index contributed by atoms with van der Waals surface area (Å²) < 4.78 is 0. The molecule has 1 aromatic rings. The van der Waals surface area contributed by atoms with E-state index >= 15 is 0 Å². The topological polar surface area (TPSA) is 41.1 Å². The quantitative estimate of drug-likeness (QED) is 0.827. The van der Waals surface area contributed by atoms with Crippen molar-refractivity contribution in [2.75, 3.05) is 18.0 Å². The lowest BCUT2D eigenvalue weighted by Crippen LogP contribution is -2.46. The molecule has 1 aliphatic heterocycles. The standard InChI is InChI=1S/C12H18N4/c1-2-11(15-10-3-4-10)8-16(5-1)12-6-13-9-14-7-12/h6-7,9-11,15H,1-5,8H2. The summed E-state index contributed by atoms with van der Waals surface area (Å²) in [4.78, 5) is 10.6. The fraction of sp³-hybridized carbons (Fsp3) is 0.667. The summed E-state index contributed by atoms with van der Waals surface area (Å²) in [5.41, 5.74) is 1.16. The van der Waals surface area contributed by atoms with Gasteiger partial charge in [-0.3, -0.25) is 0 Å². The molecule has 1 atom stereocenters. The molecule has 4 heteroatoms. The summed E-state index contributed by atoms with van der Waals surface area (Å²) in [6.45, 7) is 2.24. The Labute approximate surface area is 96.1 Å². The van der Waals surface area contributed by atoms with Crippen LogP contribution in [0, 0.1) is 0 Å². The van der Waals surface area contributed by atoms with Gasteiger partial charge >= 0.3 is 0 Å². The number of hydrogen-bond acceptors (Lipinski definition) is 4. The molecule has 1 N–H and O–H groups in total. The molecule has 0 spiro atoms. The molecular formula is C12H18N4. The molecule has 2 fully saturated rings. The van der Waals surface area contributed by atoms with Crippen molar-refractivity contribution in [3.05, 3.63) is 18.7 Å². The first-order valence-corrected chi connectivity index (χ1v) is 6.18. The van der Waals surface area contributed by atoms with Crippen molar-refractivity contribution >= 4 is 5.69 Å². The molecule has 0 aromatic carbocycles. The van der Waals surface area contributed by atoms with Crippen molar-refractivity contribution in [1.29, 1.82) is 0 Å². The highest BCUT2D eigenvalue weighted by atomic mass is 15.2. The number of nitrogens with zero attached hydrogens (tertiary/aromatic N) is 3. The zero-order valence-corrected chi connectivity index (χ0v) is 9.47. The summed E-state index contributed by atoms with van der Waals surface area (Å²) in [5.74, 6) is 0. The molecule has 4 nitrogen and oxygen atoms in total. The van der Waals surface area contributed by atoms with Crippen LogP contribution in [0.25, 0.3) is 0 Å². The van der Waals surface area contributed by atoms with Crippen molar-refractivity contribution < 1.29 is 0 Å². The van der Waals surface area contributed by atoms with Gasteiger partial charge in [-0.2, -0.15) is 0 Å². The van der Waals surface area contributed by atoms with Gasteiger partial charge in [-0.15, -0.1) is 0 Å². The Morgan fingerprint density at radius 2 is 1.94 bits per heavy atom. The van der Waals surface area contributed by atoms with Crippen LogP contribution < -0.4 is 10.2 Å². The van der Waals surface area contributed by atoms with Crippen LogP contribution in [-0.4, -0.2) is 35.1 Å². The van der Waals surface area contributed by atoms with E-state index in [9.17, 15) is 0 Å². The zero-order chi connectivity index (χ0) is 10.8. The van der Waals surface area contributed by atoms with Crippen molar-refractivity contribution in [3.8, 4) is 0 Å². The summed E-state index contributed by atoms with van der Waals surface area (Å²) in [5, 5.41) is 3.71. The molecule has 1 aromatic heterocycles. The van der Waals surface area contributed by atoms with E-state index < -0.39 is 0 Å². The summed E-state index contributed by atoms with van der Waals surface area (Å²) in [7, 11) is 0. The van der Waals surface area contributed by atoms with Gasteiger partial charge in [-0.1, -0.05) is 0 Å². The van der Waals surface area contributed by atoms with Gasteiger partial charge in [-0.05, 0) is 25.7 Å². The molecule has 0 radical (unpaired) electrons. The fourth-order valence-electron chi connectivity index (χ4n) is 2.39. The van der Waals surface area contributed by atoms with Crippen LogP contribution in [-0.2, 0) is 0 Å². The van der Waals surface area contributed by atoms with Gasteiger partial charge in [-0.25, -0.2) is 9.97 Å². The van der Waals surface area contributed by atoms with E-state index in [0.29, 0.717) is 6.04 Å². The van der Waals surface area contributed by atoms with E-state index in [1.807, 2.05) is 12.4 Å². The molecule has 1 saturated carbocycles. The maximum absolute atomic E-state index is 4.09. The van der Waals surface area contributed by atoms with E-state index in [2.05, 4.69) is 20.2 Å². The van der Waals surface area contributed by atoms with Crippen LogP contribution in [0.2, 0.25) is 0 Å². The van der Waals surface area contributed by atoms with Crippen LogP contribution in [0.5, 0.6) is 0 Å². The highest BCUT2D eigenvalue weighted by Crippen LogP contribution is 2.23. The minimum atomic E-state index is 0.654. The number of piperidine rings is 1. The maximum Gasteiger partial charge on any atom is 0.115 e. The number of hydrogen-bond donors (Lipinski definition) is 1. The van der Waals surface area contributed by atoms with Crippen molar-refractivity contribution in [1.82, 2.24) is 15.3 Å². The number of aromatic nitrogens is 2. The number of anilines is 1. The van der Waals surface area contributed by atoms with E-state index in [1.165, 1.54) is 25.7 Å². The smallest absolute Gasteiger partial charge is 0.115 e. The second-order valence-corrected chi connectivity index (χ2v) is 4.82. The predicted octanol–water partition coefficient (Wildman–Crippen LogP) is 1.20. The lowest BCUT2D eigenvalue weighted by Gasteiger charge is -2.34. The fourth-order valence-corrected chi connectivity index (χ4v) is 2.39. The van der Waals surface area contributed by atoms with Crippen molar-refractivity contribution in [2.45, 2.75) is 37.8 Å². The van der Waals surface area contributed by atoms with E-state index in [4.69, 9.17) is 0 Å². The minimum absolute atomic E-state index is 0.654. The van der Waals surface area contributed by atoms with E-state index in [0.717, 1.165) is 24.8 Å². The van der Waals surface area contributed by atoms with Gasteiger partial charge in [0.25, 0.3) is 0 Å². The zero-order valence-electron chi connectivity index (χ0n) is 9.47. The SMILES string of the molecule is c1ncc(N2CCCC(NC3CC3)C2)cn1. The van der Waals surface area contributed by atoms with Crippen molar-refractivity contribution in [3.63, 3.8) is 0 Å². The van der Waals surface area contributed by atoms with Gasteiger partial charge < -0.3 is 10.2 Å². The molecule has 1 aliphatic carbocycles. The van der Waals surface area contributed by atoms with Crippen LogP contribution in [0.15, 0.2) is 18.7 Å². The highest BCUT2D eigenvalue weighted by molar-refractivity contribution is 5.42. The van der Waals surface area contributed by atoms with Crippen LogP contribution in [0.1, 0.15) is 25.7 Å². The average molecular weight is 218 g/mol. The van der Waals surface area contributed by atoms with E-state index in [1.54, 1.807) is 6.33 Å². The molecule has 2 aliphatic rings. The molecule has 3 rings (SSSR count). The van der Waals surface area contributed by atoms with Crippen LogP contribution in [0.3, 0.4) is 0 Å². The Bertz CT molecular complexity index is 336. The Hall–Kier alpha value is -1.16. The van der Waals surface area contributed by atoms with Gasteiger partial charge in [0.15, 0.2) is 0 Å². The molecule has 86 valence electrons. The summed E-state index contributed by atoms with van der Waals surface area (Å²) in [6.07, 6.45) is 10.7. The van der Waals surface area contributed by atoms with Gasteiger partial charge in [0.05, 0.1) is 18.1 Å². The Kier molecular flexibility index (Phi) is 2.74. The maximum atomic E-state index is 4.09. The largest absolute Gasteiger partial charge is 0.367 e. The lowest BCUT2D eigenvalue weighted by molar-refractivity contribution is 0.420. The van der Waals surface area contributed by atoms with Gasteiger partial charge in [0, 0.05) is 25.2 Å². The van der Waals surface area contributed by atoms with Crippen LogP contribution in [0.4, 0.5) is 5.69 Å². The lowest BCUT2D eigenvalue weighted by atomic mass is 10.1. The third-order valence-electron chi connectivity index (χ3n) is 3.38. The minimum Gasteiger partial charge on any atom is -0.367 e. The molecule has 16 heavy (non-hydrogen) atoms. The second-order valence-electron chi connectivity index (χ2n) is 4.82. The Morgan fingerprint density at radius 3 is 2.69 bits per heavy atom. The number of rotatable bonds is 3. The Balaban J connectivity index is 1.62.